The highest BCUT2D eigenvalue weighted by Gasteiger charge is 2.52. The van der Waals surface area contributed by atoms with E-state index in [2.05, 4.69) is 260 Å². The lowest BCUT2D eigenvalue weighted by Gasteiger charge is -2.31. The molecule has 0 saturated heterocycles. The third kappa shape index (κ3) is 5.86. The summed E-state index contributed by atoms with van der Waals surface area (Å²) in [5.41, 5.74) is 28.7. The summed E-state index contributed by atoms with van der Waals surface area (Å²) in [6, 6.07) is 82.2. The van der Waals surface area contributed by atoms with E-state index in [1.165, 1.54) is 144 Å². The van der Waals surface area contributed by atoms with E-state index in [9.17, 15) is 0 Å². The van der Waals surface area contributed by atoms with Crippen LogP contribution >= 0.6 is 0 Å². The molecule has 3 aliphatic rings. The van der Waals surface area contributed by atoms with Gasteiger partial charge in [0.25, 0.3) is 0 Å². The summed E-state index contributed by atoms with van der Waals surface area (Å²) in [6.45, 7) is 15.1. The molecule has 14 rings (SSSR count). The number of benzene rings is 11. The monoisotopic (exact) mass is 906 g/mol. The fraction of sp³-hybridized carbons (Fsp3) is 0.127. The smallest absolute Gasteiger partial charge is 0.0165 e. The van der Waals surface area contributed by atoms with Crippen LogP contribution in [-0.4, -0.2) is 0 Å². The molecule has 0 unspecified atom stereocenters. The van der Waals surface area contributed by atoms with Gasteiger partial charge in [-0.1, -0.05) is 230 Å². The molecule has 0 heterocycles. The third-order valence-electron chi connectivity index (χ3n) is 16.9. The van der Waals surface area contributed by atoms with Gasteiger partial charge in [0, 0.05) is 16.2 Å². The second-order valence-corrected chi connectivity index (χ2v) is 21.9. The van der Waals surface area contributed by atoms with Crippen LogP contribution in [-0.2, 0) is 16.2 Å². The molecule has 0 aromatic heterocycles. The minimum Gasteiger partial charge on any atom is -0.0622 e. The van der Waals surface area contributed by atoms with Gasteiger partial charge in [-0.05, 0) is 174 Å². The van der Waals surface area contributed by atoms with Crippen LogP contribution in [0.15, 0.2) is 218 Å². The molecule has 0 N–H and O–H groups in total. The zero-order chi connectivity index (χ0) is 48.0. The van der Waals surface area contributed by atoms with Crippen LogP contribution in [0.2, 0.25) is 0 Å². The van der Waals surface area contributed by atoms with Gasteiger partial charge in [0.1, 0.15) is 0 Å². The van der Waals surface area contributed by atoms with Crippen molar-refractivity contribution >= 4 is 21.5 Å². The lowest BCUT2D eigenvalue weighted by atomic mass is 9.71. The molecule has 0 fully saturated rings. The van der Waals surface area contributed by atoms with E-state index < -0.39 is 0 Å². The Hall–Kier alpha value is -8.06. The first-order valence-electron chi connectivity index (χ1n) is 25.4. The molecule has 11 aromatic carbocycles. The van der Waals surface area contributed by atoms with Crippen molar-refractivity contribution in [3.8, 4) is 89.0 Å². The summed E-state index contributed by atoms with van der Waals surface area (Å²) in [5.74, 6) is 0. The largest absolute Gasteiger partial charge is 0.0622 e. The van der Waals surface area contributed by atoms with E-state index in [1.807, 2.05) is 0 Å². The lowest BCUT2D eigenvalue weighted by Crippen LogP contribution is -2.22. The predicted octanol–water partition coefficient (Wildman–Crippen LogP) is 19.2. The Morgan fingerprint density at radius 2 is 0.521 bits per heavy atom. The topological polar surface area (TPSA) is 0 Å². The van der Waals surface area contributed by atoms with Crippen LogP contribution in [0.3, 0.4) is 0 Å². The average Bonchev–Trinajstić information content (AvgIpc) is 3.89. The summed E-state index contributed by atoms with van der Waals surface area (Å²) < 4.78 is 0. The Balaban J connectivity index is 1.14. The summed E-state index contributed by atoms with van der Waals surface area (Å²) in [4.78, 5) is 0. The van der Waals surface area contributed by atoms with Crippen LogP contribution in [0.4, 0.5) is 0 Å². The van der Waals surface area contributed by atoms with E-state index in [-0.39, 0.29) is 16.2 Å². The molecule has 0 heteroatoms. The number of hydrogen-bond donors (Lipinski definition) is 0. The van der Waals surface area contributed by atoms with Gasteiger partial charge in [-0.15, -0.1) is 0 Å². The molecule has 338 valence electrons. The third-order valence-corrected chi connectivity index (χ3v) is 16.9. The molecule has 0 bridgehead atoms. The van der Waals surface area contributed by atoms with Crippen molar-refractivity contribution < 1.29 is 0 Å². The Labute approximate surface area is 418 Å². The fourth-order valence-corrected chi connectivity index (χ4v) is 13.7. The van der Waals surface area contributed by atoms with Crippen LogP contribution < -0.4 is 0 Å². The summed E-state index contributed by atoms with van der Waals surface area (Å²) in [7, 11) is 0. The summed E-state index contributed by atoms with van der Waals surface area (Å²) in [6.07, 6.45) is 0. The van der Waals surface area contributed by atoms with E-state index in [0.29, 0.717) is 0 Å². The second kappa shape index (κ2) is 15.0. The van der Waals surface area contributed by atoms with E-state index in [1.54, 1.807) is 0 Å². The fourth-order valence-electron chi connectivity index (χ4n) is 13.7. The highest BCUT2D eigenvalue weighted by atomic mass is 14.5. The molecule has 0 radical (unpaired) electrons. The average molecular weight is 907 g/mol. The Morgan fingerprint density at radius 3 is 0.944 bits per heavy atom. The molecular weight excluding hydrogens is 853 g/mol. The van der Waals surface area contributed by atoms with Crippen molar-refractivity contribution in [2.24, 2.45) is 0 Å². The normalized spacial score (nSPS) is 15.0. The van der Waals surface area contributed by atoms with Crippen LogP contribution in [0, 0.1) is 0 Å². The zero-order valence-corrected chi connectivity index (χ0v) is 41.3. The lowest BCUT2D eigenvalue weighted by molar-refractivity contribution is 0.636. The molecule has 0 aliphatic heterocycles. The van der Waals surface area contributed by atoms with E-state index >= 15 is 0 Å². The van der Waals surface area contributed by atoms with Gasteiger partial charge in [0.15, 0.2) is 0 Å². The van der Waals surface area contributed by atoms with Crippen molar-refractivity contribution in [1.29, 1.82) is 0 Å². The van der Waals surface area contributed by atoms with Gasteiger partial charge in [-0.3, -0.25) is 0 Å². The van der Waals surface area contributed by atoms with Crippen molar-refractivity contribution in [2.45, 2.75) is 57.8 Å². The minimum absolute atomic E-state index is 0.269. The van der Waals surface area contributed by atoms with Crippen LogP contribution in [0.25, 0.3) is 111 Å². The molecule has 0 nitrogen and oxygen atoms in total. The SMILES string of the molecule is CC1(C)c2cc(-c3ccccc3)ccc2-c2c1c1c(c3c2C(C)(C)c2cc4c(-c5ccccc5)c5ccc(-c6ccccc6)cc5c(-c5ccccc5)c4cc2-3)C(C)(C)c2cc(-c3ccccc3)ccc2-1. The van der Waals surface area contributed by atoms with Gasteiger partial charge >= 0.3 is 0 Å². The quantitative estimate of drug-likeness (QED) is 0.151. The van der Waals surface area contributed by atoms with Crippen molar-refractivity contribution in [1.82, 2.24) is 0 Å². The van der Waals surface area contributed by atoms with Crippen LogP contribution in [0.1, 0.15) is 74.9 Å². The highest BCUT2D eigenvalue weighted by Crippen LogP contribution is 2.68. The minimum atomic E-state index is -0.333. The maximum absolute atomic E-state index is 2.64. The highest BCUT2D eigenvalue weighted by molar-refractivity contribution is 6.23. The van der Waals surface area contributed by atoms with Gasteiger partial charge in [0.05, 0.1) is 0 Å². The number of hydrogen-bond acceptors (Lipinski definition) is 0. The Kier molecular flexibility index (Phi) is 8.83. The van der Waals surface area contributed by atoms with Crippen molar-refractivity contribution in [3.63, 3.8) is 0 Å². The van der Waals surface area contributed by atoms with Gasteiger partial charge in [0.2, 0.25) is 0 Å². The molecule has 0 amide bonds. The Morgan fingerprint density at radius 1 is 0.211 bits per heavy atom. The number of fused-ring (bicyclic) bond motifs is 14. The van der Waals surface area contributed by atoms with Crippen molar-refractivity contribution in [2.75, 3.05) is 0 Å². The first-order chi connectivity index (χ1) is 34.5. The van der Waals surface area contributed by atoms with Crippen molar-refractivity contribution in [3.05, 3.63) is 252 Å². The van der Waals surface area contributed by atoms with Gasteiger partial charge in [-0.2, -0.15) is 0 Å². The second-order valence-electron chi connectivity index (χ2n) is 21.9. The molecule has 0 spiro atoms. The number of rotatable bonds is 5. The van der Waals surface area contributed by atoms with Gasteiger partial charge in [-0.25, -0.2) is 0 Å². The first kappa shape index (κ1) is 41.9. The predicted molar refractivity (Wildman–Crippen MR) is 301 cm³/mol. The molecule has 11 aromatic rings. The van der Waals surface area contributed by atoms with Gasteiger partial charge < -0.3 is 0 Å². The van der Waals surface area contributed by atoms with E-state index in [4.69, 9.17) is 0 Å². The Bertz CT molecular complexity index is 4000. The molecule has 3 aliphatic carbocycles. The summed E-state index contributed by atoms with van der Waals surface area (Å²) >= 11 is 0. The van der Waals surface area contributed by atoms with E-state index in [0.717, 1.165) is 0 Å². The standard InChI is InChI=1S/C71H54/c1-69(2)58-39-49(44-24-14-8-15-25-44)33-36-52(58)64-66(69)63-53-37-34-50(45-26-16-9-17-27-45)40-59(53)70(3,4)67(63)65-57-41-55-56(42-60(57)71(5,6)68(64)65)61(46-28-18-10-19-29-46)51-35-32-48(43-22-12-7-13-23-43)38-54(51)62(55)47-30-20-11-21-31-47/h7-42H,1-6H3. The zero-order valence-electron chi connectivity index (χ0n) is 41.3. The maximum atomic E-state index is 2.64. The molecule has 71 heavy (non-hydrogen) atoms. The molecule has 0 saturated carbocycles. The van der Waals surface area contributed by atoms with Crippen LogP contribution in [0.5, 0.6) is 0 Å². The molecular formula is C71H54. The first-order valence-corrected chi connectivity index (χ1v) is 25.4. The molecule has 0 atom stereocenters. The summed E-state index contributed by atoms with van der Waals surface area (Å²) in [5, 5.41) is 5.13. The maximum Gasteiger partial charge on any atom is 0.0165 e.